The summed E-state index contributed by atoms with van der Waals surface area (Å²) in [6, 6.07) is 0. The Morgan fingerprint density at radius 3 is 2.44 bits per heavy atom. The van der Waals surface area contributed by atoms with Crippen molar-refractivity contribution in [1.82, 2.24) is 9.80 Å². The molecule has 1 rings (SSSR count). The first kappa shape index (κ1) is 15.0. The molecule has 5 heteroatoms. The zero-order valence-corrected chi connectivity index (χ0v) is 11.6. The average Bonchev–Trinajstić information content (AvgIpc) is 2.34. The molecule has 0 N–H and O–H groups in total. The fourth-order valence-electron chi connectivity index (χ4n) is 2.07. The fourth-order valence-corrected chi connectivity index (χ4v) is 2.07. The van der Waals surface area contributed by atoms with E-state index in [0.29, 0.717) is 19.1 Å². The normalized spacial score (nSPS) is 16.7. The van der Waals surface area contributed by atoms with E-state index >= 15 is 0 Å². The van der Waals surface area contributed by atoms with Gasteiger partial charge in [0.2, 0.25) is 11.8 Å². The zero-order valence-electron chi connectivity index (χ0n) is 11.6. The second-order valence-corrected chi connectivity index (χ2v) is 5.00. The lowest BCUT2D eigenvalue weighted by molar-refractivity contribution is -0.140. The van der Waals surface area contributed by atoms with Crippen molar-refractivity contribution in [3.05, 3.63) is 0 Å². The van der Waals surface area contributed by atoms with E-state index in [0.717, 1.165) is 25.9 Å². The summed E-state index contributed by atoms with van der Waals surface area (Å²) in [5.41, 5.74) is 0. The molecule has 0 saturated carbocycles. The number of hydrogen-bond acceptors (Lipinski definition) is 3. The van der Waals surface area contributed by atoms with Gasteiger partial charge in [0, 0.05) is 33.7 Å². The zero-order chi connectivity index (χ0) is 13.5. The van der Waals surface area contributed by atoms with E-state index in [1.165, 1.54) is 6.92 Å². The van der Waals surface area contributed by atoms with E-state index < -0.39 is 0 Å². The quantitative estimate of drug-likeness (QED) is 0.729. The maximum Gasteiger partial charge on any atom is 0.242 e. The lowest BCUT2D eigenvalue weighted by Gasteiger charge is -2.32. The van der Waals surface area contributed by atoms with Crippen LogP contribution < -0.4 is 0 Å². The summed E-state index contributed by atoms with van der Waals surface area (Å²) in [7, 11) is 1.59. The van der Waals surface area contributed by atoms with Gasteiger partial charge < -0.3 is 14.5 Å². The molecule has 1 fully saturated rings. The van der Waals surface area contributed by atoms with Gasteiger partial charge in [-0.05, 0) is 18.8 Å². The van der Waals surface area contributed by atoms with Crippen LogP contribution in [0.25, 0.3) is 0 Å². The van der Waals surface area contributed by atoms with Gasteiger partial charge in [0.05, 0.1) is 13.2 Å². The summed E-state index contributed by atoms with van der Waals surface area (Å²) in [5, 5.41) is 0. The topological polar surface area (TPSA) is 49.9 Å². The standard InChI is InChI=1S/C13H24N2O3/c1-11-4-6-14(7-5-11)13(17)10-15(12(2)16)8-9-18-3/h11H,4-10H2,1-3H3. The van der Waals surface area contributed by atoms with Crippen LogP contribution in [0.5, 0.6) is 0 Å². The van der Waals surface area contributed by atoms with Crippen LogP contribution in [0.15, 0.2) is 0 Å². The third kappa shape index (κ3) is 4.64. The molecule has 2 amide bonds. The van der Waals surface area contributed by atoms with Gasteiger partial charge in [-0.2, -0.15) is 0 Å². The van der Waals surface area contributed by atoms with E-state index in [9.17, 15) is 9.59 Å². The second kappa shape index (κ2) is 7.36. The Labute approximate surface area is 109 Å². The smallest absolute Gasteiger partial charge is 0.242 e. The van der Waals surface area contributed by atoms with Crippen LogP contribution in [0.2, 0.25) is 0 Å². The Bertz CT molecular complexity index is 286. The van der Waals surface area contributed by atoms with Crippen LogP contribution in [0.1, 0.15) is 26.7 Å². The summed E-state index contributed by atoms with van der Waals surface area (Å²) >= 11 is 0. The van der Waals surface area contributed by atoms with Gasteiger partial charge in [-0.3, -0.25) is 9.59 Å². The molecule has 1 aliphatic heterocycles. The second-order valence-electron chi connectivity index (χ2n) is 5.00. The van der Waals surface area contributed by atoms with Crippen LogP contribution in [-0.2, 0) is 14.3 Å². The van der Waals surface area contributed by atoms with E-state index in [4.69, 9.17) is 4.74 Å². The molecule has 0 bridgehead atoms. The number of likely N-dealkylation sites (tertiary alicyclic amines) is 1. The third-order valence-corrected chi connectivity index (χ3v) is 3.47. The first-order valence-electron chi connectivity index (χ1n) is 6.56. The van der Waals surface area contributed by atoms with Crippen molar-refractivity contribution in [3.63, 3.8) is 0 Å². The minimum absolute atomic E-state index is 0.0493. The van der Waals surface area contributed by atoms with Crippen LogP contribution in [0, 0.1) is 5.92 Å². The molecule has 1 saturated heterocycles. The number of ether oxygens (including phenoxy) is 1. The number of carbonyl (C=O) groups is 2. The molecule has 0 aromatic rings. The van der Waals surface area contributed by atoms with Crippen molar-refractivity contribution in [2.24, 2.45) is 5.92 Å². The van der Waals surface area contributed by atoms with Crippen LogP contribution >= 0.6 is 0 Å². The largest absolute Gasteiger partial charge is 0.383 e. The number of amides is 2. The van der Waals surface area contributed by atoms with Gasteiger partial charge in [-0.1, -0.05) is 6.92 Å². The highest BCUT2D eigenvalue weighted by Gasteiger charge is 2.22. The number of rotatable bonds is 5. The summed E-state index contributed by atoms with van der Waals surface area (Å²) in [6.07, 6.45) is 2.12. The maximum atomic E-state index is 12.1. The van der Waals surface area contributed by atoms with E-state index in [1.807, 2.05) is 4.90 Å². The van der Waals surface area contributed by atoms with Gasteiger partial charge in [-0.15, -0.1) is 0 Å². The molecule has 1 aliphatic rings. The number of hydrogen-bond donors (Lipinski definition) is 0. The lowest BCUT2D eigenvalue weighted by Crippen LogP contribution is -2.45. The molecule has 104 valence electrons. The molecule has 0 unspecified atom stereocenters. The summed E-state index contributed by atoms with van der Waals surface area (Å²) < 4.78 is 4.94. The highest BCUT2D eigenvalue weighted by molar-refractivity contribution is 5.83. The maximum absolute atomic E-state index is 12.1. The van der Waals surface area contributed by atoms with E-state index in [2.05, 4.69) is 6.92 Å². The SMILES string of the molecule is COCCN(CC(=O)N1CCC(C)CC1)C(C)=O. The predicted molar refractivity (Wildman–Crippen MR) is 69.1 cm³/mol. The van der Waals surface area contributed by atoms with Crippen molar-refractivity contribution in [3.8, 4) is 0 Å². The Kier molecular flexibility index (Phi) is 6.12. The first-order valence-corrected chi connectivity index (χ1v) is 6.56. The van der Waals surface area contributed by atoms with E-state index in [-0.39, 0.29) is 18.4 Å². The molecule has 0 radical (unpaired) electrons. The summed E-state index contributed by atoms with van der Waals surface area (Å²) in [4.78, 5) is 26.9. The van der Waals surface area contributed by atoms with Crippen molar-refractivity contribution in [2.75, 3.05) is 39.9 Å². The number of methoxy groups -OCH3 is 1. The van der Waals surface area contributed by atoms with Gasteiger partial charge in [0.1, 0.15) is 0 Å². The average molecular weight is 256 g/mol. The highest BCUT2D eigenvalue weighted by atomic mass is 16.5. The Morgan fingerprint density at radius 2 is 1.94 bits per heavy atom. The van der Waals surface area contributed by atoms with Crippen LogP contribution in [0.4, 0.5) is 0 Å². The third-order valence-electron chi connectivity index (χ3n) is 3.47. The Morgan fingerprint density at radius 1 is 1.33 bits per heavy atom. The molecule has 5 nitrogen and oxygen atoms in total. The van der Waals surface area contributed by atoms with Gasteiger partial charge in [0.25, 0.3) is 0 Å². The Hall–Kier alpha value is -1.10. The number of carbonyl (C=O) groups excluding carboxylic acids is 2. The summed E-state index contributed by atoms with van der Waals surface area (Å²) in [5.74, 6) is 0.672. The molecule has 0 aromatic carbocycles. The molecule has 1 heterocycles. The minimum Gasteiger partial charge on any atom is -0.383 e. The van der Waals surface area contributed by atoms with Gasteiger partial charge in [-0.25, -0.2) is 0 Å². The molecule has 0 spiro atoms. The van der Waals surface area contributed by atoms with Crippen molar-refractivity contribution < 1.29 is 14.3 Å². The van der Waals surface area contributed by atoms with Crippen LogP contribution in [0.3, 0.4) is 0 Å². The van der Waals surface area contributed by atoms with Crippen molar-refractivity contribution in [1.29, 1.82) is 0 Å². The van der Waals surface area contributed by atoms with Crippen molar-refractivity contribution >= 4 is 11.8 Å². The Balaban J connectivity index is 2.42. The molecular weight excluding hydrogens is 232 g/mol. The lowest BCUT2D eigenvalue weighted by atomic mass is 9.99. The van der Waals surface area contributed by atoms with E-state index in [1.54, 1.807) is 12.0 Å². The van der Waals surface area contributed by atoms with Gasteiger partial charge in [0.15, 0.2) is 0 Å². The van der Waals surface area contributed by atoms with Crippen molar-refractivity contribution in [2.45, 2.75) is 26.7 Å². The fraction of sp³-hybridized carbons (Fsp3) is 0.846. The summed E-state index contributed by atoms with van der Waals surface area (Å²) in [6.45, 7) is 6.44. The molecular formula is C13H24N2O3. The van der Waals surface area contributed by atoms with Crippen LogP contribution in [-0.4, -0.2) is 61.5 Å². The minimum atomic E-state index is -0.0780. The molecule has 0 atom stereocenters. The molecule has 0 aromatic heterocycles. The molecule has 18 heavy (non-hydrogen) atoms. The number of piperidine rings is 1. The first-order chi connectivity index (χ1) is 8.54. The number of nitrogens with zero attached hydrogens (tertiary/aromatic N) is 2. The van der Waals surface area contributed by atoms with Gasteiger partial charge >= 0.3 is 0 Å². The highest BCUT2D eigenvalue weighted by Crippen LogP contribution is 2.16. The predicted octanol–water partition coefficient (Wildman–Crippen LogP) is 0.740. The monoisotopic (exact) mass is 256 g/mol. The molecule has 0 aliphatic carbocycles.